The highest BCUT2D eigenvalue weighted by molar-refractivity contribution is 7.15. The number of rotatable bonds is 8. The summed E-state index contributed by atoms with van der Waals surface area (Å²) in [5.41, 5.74) is 1.73. The standard InChI is InChI=1S/C15H18N4O4S/c1-10-4-3-5-11(6-10)16-12(20)7-23-8-13(21)17-15-19-18-14(24-15)9-22-2/h3-6H,7-9H2,1-2H3,(H,16,20)(H,17,19,21). The number of carbonyl (C=O) groups is 2. The summed E-state index contributed by atoms with van der Waals surface area (Å²) in [6, 6.07) is 7.41. The molecule has 2 aromatic rings. The largest absolute Gasteiger partial charge is 0.377 e. The van der Waals surface area contributed by atoms with Crippen LogP contribution in [-0.4, -0.2) is 42.3 Å². The summed E-state index contributed by atoms with van der Waals surface area (Å²) in [6.07, 6.45) is 0. The third kappa shape index (κ3) is 6.03. The molecule has 0 saturated heterocycles. The van der Waals surface area contributed by atoms with Gasteiger partial charge in [0.25, 0.3) is 5.91 Å². The van der Waals surface area contributed by atoms with Crippen LogP contribution >= 0.6 is 11.3 Å². The number of benzene rings is 1. The van der Waals surface area contributed by atoms with Gasteiger partial charge in [0.1, 0.15) is 24.8 Å². The van der Waals surface area contributed by atoms with Crippen LogP contribution < -0.4 is 10.6 Å². The fourth-order valence-corrected chi connectivity index (χ4v) is 2.53. The third-order valence-corrected chi connectivity index (χ3v) is 3.56. The van der Waals surface area contributed by atoms with Gasteiger partial charge >= 0.3 is 0 Å². The van der Waals surface area contributed by atoms with E-state index in [0.717, 1.165) is 5.56 Å². The minimum Gasteiger partial charge on any atom is -0.377 e. The number of carbonyl (C=O) groups excluding carboxylic acids is 2. The van der Waals surface area contributed by atoms with Gasteiger partial charge in [-0.15, -0.1) is 10.2 Å². The van der Waals surface area contributed by atoms with Crippen LogP contribution in [0.15, 0.2) is 24.3 Å². The Morgan fingerprint density at radius 3 is 2.62 bits per heavy atom. The minimum atomic E-state index is -0.404. The van der Waals surface area contributed by atoms with Gasteiger partial charge in [-0.2, -0.15) is 0 Å². The van der Waals surface area contributed by atoms with Crippen LogP contribution in [-0.2, 0) is 25.7 Å². The first-order valence-electron chi connectivity index (χ1n) is 7.12. The number of hydrogen-bond donors (Lipinski definition) is 2. The highest BCUT2D eigenvalue weighted by Crippen LogP contribution is 2.15. The molecule has 0 spiro atoms. The Bertz CT molecular complexity index is 704. The zero-order valence-electron chi connectivity index (χ0n) is 13.4. The summed E-state index contributed by atoms with van der Waals surface area (Å²) in [5, 5.41) is 13.9. The van der Waals surface area contributed by atoms with Crippen molar-refractivity contribution in [3.05, 3.63) is 34.8 Å². The lowest BCUT2D eigenvalue weighted by Gasteiger charge is -2.06. The van der Waals surface area contributed by atoms with Gasteiger partial charge in [-0.25, -0.2) is 0 Å². The van der Waals surface area contributed by atoms with E-state index in [0.29, 0.717) is 22.4 Å². The van der Waals surface area contributed by atoms with Crippen molar-refractivity contribution < 1.29 is 19.1 Å². The monoisotopic (exact) mass is 350 g/mol. The van der Waals surface area contributed by atoms with E-state index in [9.17, 15) is 9.59 Å². The number of nitrogens with one attached hydrogen (secondary N) is 2. The van der Waals surface area contributed by atoms with E-state index in [4.69, 9.17) is 9.47 Å². The quantitative estimate of drug-likeness (QED) is 0.749. The zero-order chi connectivity index (χ0) is 17.4. The van der Waals surface area contributed by atoms with E-state index in [-0.39, 0.29) is 19.1 Å². The normalized spacial score (nSPS) is 10.4. The molecule has 0 radical (unpaired) electrons. The van der Waals surface area contributed by atoms with Crippen molar-refractivity contribution in [1.82, 2.24) is 10.2 Å². The molecular weight excluding hydrogens is 332 g/mol. The molecule has 0 aliphatic carbocycles. The lowest BCUT2D eigenvalue weighted by atomic mass is 10.2. The van der Waals surface area contributed by atoms with Gasteiger partial charge in [0.15, 0.2) is 0 Å². The van der Waals surface area contributed by atoms with Gasteiger partial charge < -0.3 is 14.8 Å². The van der Waals surface area contributed by atoms with Crippen molar-refractivity contribution in [3.8, 4) is 0 Å². The van der Waals surface area contributed by atoms with Crippen LogP contribution in [0, 0.1) is 6.92 Å². The van der Waals surface area contributed by atoms with E-state index in [1.165, 1.54) is 11.3 Å². The van der Waals surface area contributed by atoms with Crippen molar-refractivity contribution in [1.29, 1.82) is 0 Å². The molecule has 0 atom stereocenters. The smallest absolute Gasteiger partial charge is 0.252 e. The number of hydrogen-bond acceptors (Lipinski definition) is 7. The lowest BCUT2D eigenvalue weighted by Crippen LogP contribution is -2.23. The van der Waals surface area contributed by atoms with Crippen LogP contribution in [0.25, 0.3) is 0 Å². The molecule has 0 aliphatic heterocycles. The highest BCUT2D eigenvalue weighted by Gasteiger charge is 2.09. The maximum Gasteiger partial charge on any atom is 0.252 e. The fourth-order valence-electron chi connectivity index (χ4n) is 1.80. The maximum absolute atomic E-state index is 11.7. The Balaban J connectivity index is 1.69. The molecule has 2 N–H and O–H groups in total. The second-order valence-electron chi connectivity index (χ2n) is 4.89. The van der Waals surface area contributed by atoms with Gasteiger partial charge in [-0.05, 0) is 24.6 Å². The summed E-state index contributed by atoms with van der Waals surface area (Å²) >= 11 is 1.21. The molecule has 0 bridgehead atoms. The molecule has 0 unspecified atom stereocenters. The number of nitrogens with zero attached hydrogens (tertiary/aromatic N) is 2. The van der Waals surface area contributed by atoms with Crippen LogP contribution in [0.1, 0.15) is 10.6 Å². The van der Waals surface area contributed by atoms with Crippen molar-refractivity contribution >= 4 is 34.0 Å². The van der Waals surface area contributed by atoms with Crippen LogP contribution in [0.3, 0.4) is 0 Å². The van der Waals surface area contributed by atoms with Gasteiger partial charge in [-0.1, -0.05) is 23.5 Å². The molecule has 24 heavy (non-hydrogen) atoms. The first-order chi connectivity index (χ1) is 11.6. The summed E-state index contributed by atoms with van der Waals surface area (Å²) < 4.78 is 10.0. The molecule has 9 heteroatoms. The average Bonchev–Trinajstić information content (AvgIpc) is 2.94. The van der Waals surface area contributed by atoms with Crippen molar-refractivity contribution in [2.24, 2.45) is 0 Å². The molecule has 0 fully saturated rings. The summed E-state index contributed by atoms with van der Waals surface area (Å²) in [6.45, 7) is 1.80. The maximum atomic E-state index is 11.7. The van der Waals surface area contributed by atoms with Gasteiger partial charge in [0.2, 0.25) is 11.0 Å². The van der Waals surface area contributed by atoms with Crippen molar-refractivity contribution in [2.45, 2.75) is 13.5 Å². The SMILES string of the molecule is COCc1nnc(NC(=O)COCC(=O)Nc2cccc(C)c2)s1. The molecule has 128 valence electrons. The van der Waals surface area contributed by atoms with Crippen LogP contribution in [0.2, 0.25) is 0 Å². The Kier molecular flexibility index (Phi) is 6.79. The van der Waals surface area contributed by atoms with E-state index < -0.39 is 5.91 Å². The number of aryl methyl sites for hydroxylation is 1. The second kappa shape index (κ2) is 9.06. The Labute approximate surface area is 143 Å². The Morgan fingerprint density at radius 1 is 1.17 bits per heavy atom. The van der Waals surface area contributed by atoms with E-state index >= 15 is 0 Å². The van der Waals surface area contributed by atoms with E-state index in [1.807, 2.05) is 25.1 Å². The average molecular weight is 350 g/mol. The van der Waals surface area contributed by atoms with E-state index in [2.05, 4.69) is 20.8 Å². The predicted molar refractivity (Wildman–Crippen MR) is 89.9 cm³/mol. The summed E-state index contributed by atoms with van der Waals surface area (Å²) in [7, 11) is 1.55. The molecule has 0 saturated carbocycles. The van der Waals surface area contributed by atoms with Crippen LogP contribution in [0.4, 0.5) is 10.8 Å². The van der Waals surface area contributed by atoms with Gasteiger partial charge in [-0.3, -0.25) is 14.9 Å². The topological polar surface area (TPSA) is 102 Å². The van der Waals surface area contributed by atoms with Gasteiger partial charge in [0.05, 0.1) is 0 Å². The predicted octanol–water partition coefficient (Wildman–Crippen LogP) is 1.59. The Morgan fingerprint density at radius 2 is 1.92 bits per heavy atom. The molecule has 1 heterocycles. The summed E-state index contributed by atoms with van der Waals surface area (Å²) in [5.74, 6) is -0.731. The number of anilines is 2. The fraction of sp³-hybridized carbons (Fsp3) is 0.333. The molecule has 0 aliphatic rings. The van der Waals surface area contributed by atoms with E-state index in [1.54, 1.807) is 13.2 Å². The molecule has 2 rings (SSSR count). The number of amides is 2. The number of ether oxygens (including phenoxy) is 2. The Hall–Kier alpha value is -2.36. The molecule has 8 nitrogen and oxygen atoms in total. The van der Waals surface area contributed by atoms with Gasteiger partial charge in [0, 0.05) is 12.8 Å². The number of aromatic nitrogens is 2. The molecular formula is C15H18N4O4S. The number of methoxy groups -OCH3 is 1. The van der Waals surface area contributed by atoms with Crippen molar-refractivity contribution in [2.75, 3.05) is 31.0 Å². The lowest BCUT2D eigenvalue weighted by molar-refractivity contribution is -0.125. The van der Waals surface area contributed by atoms with Crippen LogP contribution in [0.5, 0.6) is 0 Å². The molecule has 1 aromatic heterocycles. The summed E-state index contributed by atoms with van der Waals surface area (Å²) in [4.78, 5) is 23.4. The molecule has 2 amide bonds. The second-order valence-corrected chi connectivity index (χ2v) is 5.95. The first kappa shape index (κ1) is 18.0. The minimum absolute atomic E-state index is 0.216. The highest BCUT2D eigenvalue weighted by atomic mass is 32.1. The molecule has 1 aromatic carbocycles. The zero-order valence-corrected chi connectivity index (χ0v) is 14.2. The van der Waals surface area contributed by atoms with Crippen molar-refractivity contribution in [3.63, 3.8) is 0 Å². The third-order valence-electron chi connectivity index (χ3n) is 2.75. The first-order valence-corrected chi connectivity index (χ1v) is 7.94.